The molecule has 0 aliphatic rings. The van der Waals surface area contributed by atoms with Gasteiger partial charge in [-0.05, 0) is 35.9 Å². The number of H-pyrrole nitrogens is 1. The Morgan fingerprint density at radius 3 is 2.39 bits per heavy atom. The minimum Gasteiger partial charge on any atom is -0.488 e. The van der Waals surface area contributed by atoms with Crippen LogP contribution < -0.4 is 10.3 Å². The fourth-order valence-electron chi connectivity index (χ4n) is 2.62. The molecule has 3 rings (SSSR count). The van der Waals surface area contributed by atoms with E-state index >= 15 is 0 Å². The van der Waals surface area contributed by atoms with Crippen molar-refractivity contribution in [3.8, 4) is 17.4 Å². The zero-order valence-corrected chi connectivity index (χ0v) is 16.1. The van der Waals surface area contributed by atoms with Gasteiger partial charge in [-0.2, -0.15) is 18.2 Å². The first-order chi connectivity index (χ1) is 15.5. The Morgan fingerprint density at radius 2 is 1.79 bits per heavy atom. The van der Waals surface area contributed by atoms with Gasteiger partial charge in [-0.1, -0.05) is 18.2 Å². The number of hydrogen-bond acceptors (Lipinski definition) is 8. The third-order valence-corrected chi connectivity index (χ3v) is 4.08. The molecule has 1 aromatic heterocycles. The first kappa shape index (κ1) is 22.9. The number of rotatable bonds is 6. The molecule has 14 heteroatoms. The summed E-state index contributed by atoms with van der Waals surface area (Å²) in [6.45, 7) is 0. The molecule has 0 spiro atoms. The second-order valence-corrected chi connectivity index (χ2v) is 6.33. The lowest BCUT2D eigenvalue weighted by Crippen LogP contribution is -2.14. The first-order valence-corrected chi connectivity index (χ1v) is 8.75. The van der Waals surface area contributed by atoms with Gasteiger partial charge >= 0.3 is 23.1 Å². The minimum absolute atomic E-state index is 0.0491. The van der Waals surface area contributed by atoms with E-state index in [1.807, 2.05) is 0 Å². The van der Waals surface area contributed by atoms with Gasteiger partial charge in [-0.25, -0.2) is 0 Å². The van der Waals surface area contributed by atoms with Gasteiger partial charge in [0.25, 0.3) is 5.88 Å². The third kappa shape index (κ3) is 5.30. The van der Waals surface area contributed by atoms with E-state index in [1.165, 1.54) is 30.4 Å². The van der Waals surface area contributed by atoms with Crippen molar-refractivity contribution in [2.24, 2.45) is 0 Å². The standard InChI is InChI=1S/C19H11F3N4O7/c20-19(21,22)11-5-6-14(13(9-11)25(29)30)33-12-3-1-2-10(8-12)4-7-15-23-17(27)16(26(31)32)18(28)24-15/h1-9H,(H2,23,24,27,28)/b7-4-. The maximum absolute atomic E-state index is 12.8. The monoisotopic (exact) mass is 464 g/mol. The van der Waals surface area contributed by atoms with Crippen molar-refractivity contribution in [2.75, 3.05) is 0 Å². The van der Waals surface area contributed by atoms with E-state index in [4.69, 9.17) is 4.74 Å². The van der Waals surface area contributed by atoms with Gasteiger partial charge in [0.05, 0.1) is 15.4 Å². The molecule has 0 saturated heterocycles. The van der Waals surface area contributed by atoms with Gasteiger partial charge in [0.1, 0.15) is 11.6 Å². The molecule has 0 unspecified atom stereocenters. The highest BCUT2D eigenvalue weighted by Gasteiger charge is 2.33. The highest BCUT2D eigenvalue weighted by molar-refractivity contribution is 5.68. The molecular weight excluding hydrogens is 453 g/mol. The van der Waals surface area contributed by atoms with Gasteiger partial charge in [-0.15, -0.1) is 0 Å². The smallest absolute Gasteiger partial charge is 0.416 e. The largest absolute Gasteiger partial charge is 0.488 e. The summed E-state index contributed by atoms with van der Waals surface area (Å²) in [6, 6.07) is 7.65. The van der Waals surface area contributed by atoms with Gasteiger partial charge in [-0.3, -0.25) is 25.0 Å². The molecule has 2 aromatic carbocycles. The number of nitrogens with one attached hydrogen (secondary N) is 1. The second-order valence-electron chi connectivity index (χ2n) is 6.33. The maximum atomic E-state index is 12.8. The Labute approximate surface area is 180 Å². The number of aromatic hydroxyl groups is 1. The number of benzene rings is 2. The predicted octanol–water partition coefficient (Wildman–Crippen LogP) is 4.27. The van der Waals surface area contributed by atoms with E-state index in [0.717, 1.165) is 6.07 Å². The number of nitro benzene ring substituents is 1. The Hall–Kier alpha value is -4.75. The highest BCUT2D eigenvalue weighted by atomic mass is 19.4. The van der Waals surface area contributed by atoms with Crippen molar-refractivity contribution in [3.63, 3.8) is 0 Å². The SMILES string of the molecule is O=c1[nH]c(/C=C\c2cccc(Oc3ccc(C(F)(F)F)cc3[N+](=O)[O-])c2)nc(O)c1[N+](=O)[O-]. The lowest BCUT2D eigenvalue weighted by molar-refractivity contribution is -0.387. The molecule has 2 N–H and O–H groups in total. The van der Waals surface area contributed by atoms with Crippen LogP contribution in [0.3, 0.4) is 0 Å². The lowest BCUT2D eigenvalue weighted by Gasteiger charge is -2.10. The summed E-state index contributed by atoms with van der Waals surface area (Å²) >= 11 is 0. The fraction of sp³-hybridized carbons (Fsp3) is 0.0526. The number of halogens is 3. The molecule has 0 aliphatic carbocycles. The maximum Gasteiger partial charge on any atom is 0.416 e. The fourth-order valence-corrected chi connectivity index (χ4v) is 2.62. The van der Waals surface area contributed by atoms with Gasteiger partial charge in [0.2, 0.25) is 5.75 Å². The highest BCUT2D eigenvalue weighted by Crippen LogP contribution is 2.38. The van der Waals surface area contributed by atoms with Crippen LogP contribution in [-0.4, -0.2) is 24.9 Å². The molecule has 170 valence electrons. The average molecular weight is 464 g/mol. The van der Waals surface area contributed by atoms with Gasteiger partial charge in [0.15, 0.2) is 0 Å². The number of alkyl halides is 3. The van der Waals surface area contributed by atoms with Crippen LogP contribution in [0.25, 0.3) is 12.2 Å². The summed E-state index contributed by atoms with van der Waals surface area (Å²) in [5.74, 6) is -1.64. The quantitative estimate of drug-likeness (QED) is 0.404. The van der Waals surface area contributed by atoms with E-state index in [-0.39, 0.29) is 11.6 Å². The molecule has 0 saturated carbocycles. The van der Waals surface area contributed by atoms with E-state index in [0.29, 0.717) is 17.7 Å². The van der Waals surface area contributed by atoms with Crippen molar-refractivity contribution in [3.05, 3.63) is 90.0 Å². The summed E-state index contributed by atoms with van der Waals surface area (Å²) in [5, 5.41) is 31.4. The summed E-state index contributed by atoms with van der Waals surface area (Å²) in [7, 11) is 0. The van der Waals surface area contributed by atoms with Crippen LogP contribution >= 0.6 is 0 Å². The Balaban J connectivity index is 1.87. The minimum atomic E-state index is -4.77. The number of hydrogen-bond donors (Lipinski definition) is 2. The molecule has 0 fully saturated rings. The molecule has 33 heavy (non-hydrogen) atoms. The van der Waals surface area contributed by atoms with Gasteiger partial charge in [0, 0.05) is 6.07 Å². The molecule has 0 radical (unpaired) electrons. The normalized spacial score (nSPS) is 11.5. The van der Waals surface area contributed by atoms with Crippen molar-refractivity contribution in [2.45, 2.75) is 6.18 Å². The summed E-state index contributed by atoms with van der Waals surface area (Å²) in [4.78, 5) is 37.1. The van der Waals surface area contributed by atoms with Crippen LogP contribution in [0.1, 0.15) is 17.0 Å². The number of nitrogens with zero attached hydrogens (tertiary/aromatic N) is 3. The number of aromatic nitrogens is 2. The van der Waals surface area contributed by atoms with Crippen molar-refractivity contribution < 1.29 is 32.9 Å². The molecule has 11 nitrogen and oxygen atoms in total. The van der Waals surface area contributed by atoms with E-state index in [1.54, 1.807) is 6.07 Å². The van der Waals surface area contributed by atoms with Gasteiger partial charge < -0.3 is 14.8 Å². The van der Waals surface area contributed by atoms with E-state index in [9.17, 15) is 43.3 Å². The first-order valence-electron chi connectivity index (χ1n) is 8.75. The molecular formula is C19H11F3N4O7. The number of aromatic amines is 1. The van der Waals surface area contributed by atoms with Crippen LogP contribution in [0.4, 0.5) is 24.5 Å². The third-order valence-electron chi connectivity index (χ3n) is 4.08. The summed E-state index contributed by atoms with van der Waals surface area (Å²) in [5.41, 5.74) is -3.96. The number of ether oxygens (including phenoxy) is 1. The Bertz CT molecular complexity index is 1340. The number of nitro groups is 2. The van der Waals surface area contributed by atoms with Crippen LogP contribution in [0.15, 0.2) is 47.3 Å². The topological polar surface area (TPSA) is 161 Å². The zero-order valence-electron chi connectivity index (χ0n) is 16.1. The summed E-state index contributed by atoms with van der Waals surface area (Å²) in [6.07, 6.45) is -2.18. The van der Waals surface area contributed by atoms with Crippen LogP contribution in [-0.2, 0) is 6.18 Å². The Kier molecular flexibility index (Phi) is 6.10. The van der Waals surface area contributed by atoms with Crippen molar-refractivity contribution >= 4 is 23.5 Å². The van der Waals surface area contributed by atoms with Crippen molar-refractivity contribution in [1.29, 1.82) is 0 Å². The van der Waals surface area contributed by atoms with Crippen LogP contribution in [0.2, 0.25) is 0 Å². The average Bonchev–Trinajstić information content (AvgIpc) is 2.71. The molecule has 0 aliphatic heterocycles. The molecule has 0 amide bonds. The second kappa shape index (κ2) is 8.78. The van der Waals surface area contributed by atoms with Crippen LogP contribution in [0.5, 0.6) is 17.4 Å². The zero-order chi connectivity index (χ0) is 24.3. The van der Waals surface area contributed by atoms with Crippen LogP contribution in [0, 0.1) is 20.2 Å². The molecule has 0 atom stereocenters. The molecule has 1 heterocycles. The van der Waals surface area contributed by atoms with E-state index < -0.39 is 50.1 Å². The Morgan fingerprint density at radius 1 is 1.06 bits per heavy atom. The predicted molar refractivity (Wildman–Crippen MR) is 107 cm³/mol. The lowest BCUT2D eigenvalue weighted by atomic mass is 10.1. The summed E-state index contributed by atoms with van der Waals surface area (Å²) < 4.78 is 43.9. The molecule has 0 bridgehead atoms. The van der Waals surface area contributed by atoms with E-state index in [2.05, 4.69) is 9.97 Å². The van der Waals surface area contributed by atoms with Crippen molar-refractivity contribution in [1.82, 2.24) is 9.97 Å². The molecule has 3 aromatic rings.